The molecule has 0 aliphatic rings. The molecule has 0 aliphatic carbocycles. The lowest BCUT2D eigenvalue weighted by Crippen LogP contribution is -2.22. The minimum atomic E-state index is -4.70. The van der Waals surface area contributed by atoms with E-state index in [4.69, 9.17) is 5.11 Å². The van der Waals surface area contributed by atoms with Crippen LogP contribution < -0.4 is 0 Å². The number of carbonyl (C=O) groups is 1. The number of carboxylic acids is 1. The number of aromatic carboxylic acids is 1. The van der Waals surface area contributed by atoms with Crippen LogP contribution in [0.25, 0.3) is 11.1 Å². The smallest absolute Gasteiger partial charge is 0.416 e. The van der Waals surface area contributed by atoms with Gasteiger partial charge in [-0.05, 0) is 41.5 Å². The van der Waals surface area contributed by atoms with E-state index < -0.39 is 33.3 Å². The van der Waals surface area contributed by atoms with Gasteiger partial charge in [0.25, 0.3) is 0 Å². The summed E-state index contributed by atoms with van der Waals surface area (Å²) in [6.45, 7) is 0. The second kappa shape index (κ2) is 6.49. The Balaban J connectivity index is 2.55. The highest BCUT2D eigenvalue weighted by molar-refractivity contribution is 7.89. The normalized spacial score (nSPS) is 12.4. The van der Waals surface area contributed by atoms with Crippen molar-refractivity contribution in [3.8, 4) is 11.1 Å². The van der Waals surface area contributed by atoms with Gasteiger partial charge in [0, 0.05) is 14.1 Å². The van der Waals surface area contributed by atoms with Crippen LogP contribution in [0.4, 0.5) is 13.2 Å². The number of rotatable bonds is 4. The van der Waals surface area contributed by atoms with E-state index in [0.717, 1.165) is 16.4 Å². The first kappa shape index (κ1) is 18.9. The van der Waals surface area contributed by atoms with E-state index in [1.807, 2.05) is 0 Å². The highest BCUT2D eigenvalue weighted by atomic mass is 32.2. The minimum absolute atomic E-state index is 0.0216. The maximum Gasteiger partial charge on any atom is 0.416 e. The Kier molecular flexibility index (Phi) is 4.92. The maximum absolute atomic E-state index is 13.0. The Morgan fingerprint density at radius 1 is 1.00 bits per heavy atom. The predicted molar refractivity (Wildman–Crippen MR) is 84.7 cm³/mol. The Bertz CT molecular complexity index is 904. The van der Waals surface area contributed by atoms with Gasteiger partial charge in [-0.25, -0.2) is 17.5 Å². The first-order valence-corrected chi connectivity index (χ1v) is 8.35. The van der Waals surface area contributed by atoms with E-state index in [2.05, 4.69) is 0 Å². The summed E-state index contributed by atoms with van der Waals surface area (Å²) in [6.07, 6.45) is -4.70. The zero-order valence-electron chi connectivity index (χ0n) is 13.2. The number of halogens is 3. The molecule has 0 heterocycles. The Morgan fingerprint density at radius 3 is 2.00 bits per heavy atom. The summed E-state index contributed by atoms with van der Waals surface area (Å²) < 4.78 is 63.9. The second-order valence-corrected chi connectivity index (χ2v) is 7.57. The quantitative estimate of drug-likeness (QED) is 0.892. The van der Waals surface area contributed by atoms with Gasteiger partial charge in [-0.15, -0.1) is 0 Å². The van der Waals surface area contributed by atoms with E-state index in [-0.39, 0.29) is 16.0 Å². The molecule has 0 amide bonds. The summed E-state index contributed by atoms with van der Waals surface area (Å²) in [5, 5.41) is 9.01. The SMILES string of the molecule is CN(C)S(=O)(=O)c1ccc(-c2cc(C(=O)O)cc(C(F)(F)F)c2)cc1. The van der Waals surface area contributed by atoms with Crippen LogP contribution in [0, 0.1) is 0 Å². The van der Waals surface area contributed by atoms with Crippen LogP contribution in [-0.2, 0) is 16.2 Å². The van der Waals surface area contributed by atoms with Gasteiger partial charge in [-0.3, -0.25) is 0 Å². The van der Waals surface area contributed by atoms with Crippen molar-refractivity contribution in [2.24, 2.45) is 0 Å². The maximum atomic E-state index is 13.0. The van der Waals surface area contributed by atoms with Crippen LogP contribution in [0.2, 0.25) is 0 Å². The van der Waals surface area contributed by atoms with Gasteiger partial charge in [0.15, 0.2) is 0 Å². The molecule has 9 heteroatoms. The molecule has 2 rings (SSSR count). The highest BCUT2D eigenvalue weighted by Crippen LogP contribution is 2.34. The zero-order chi connectivity index (χ0) is 19.0. The van der Waals surface area contributed by atoms with Crippen LogP contribution in [0.1, 0.15) is 15.9 Å². The van der Waals surface area contributed by atoms with Gasteiger partial charge in [0.05, 0.1) is 16.0 Å². The molecule has 0 fully saturated rings. The predicted octanol–water partition coefficient (Wildman–Crippen LogP) is 3.32. The molecule has 2 aromatic rings. The van der Waals surface area contributed by atoms with Crippen molar-refractivity contribution in [2.75, 3.05) is 14.1 Å². The summed E-state index contributed by atoms with van der Waals surface area (Å²) >= 11 is 0. The molecule has 0 saturated heterocycles. The molecule has 0 bridgehead atoms. The largest absolute Gasteiger partial charge is 0.478 e. The molecule has 0 saturated carbocycles. The van der Waals surface area contributed by atoms with Crippen LogP contribution in [0.3, 0.4) is 0 Å². The third-order valence-electron chi connectivity index (χ3n) is 3.47. The third kappa shape index (κ3) is 3.99. The van der Waals surface area contributed by atoms with E-state index in [9.17, 15) is 26.4 Å². The molecule has 0 aliphatic heterocycles. The van der Waals surface area contributed by atoms with Crippen LogP contribution >= 0.6 is 0 Å². The lowest BCUT2D eigenvalue weighted by molar-refractivity contribution is -0.137. The lowest BCUT2D eigenvalue weighted by Gasteiger charge is -2.13. The second-order valence-electron chi connectivity index (χ2n) is 5.41. The summed E-state index contributed by atoms with van der Waals surface area (Å²) in [7, 11) is -0.957. The molecule has 5 nitrogen and oxygen atoms in total. The summed E-state index contributed by atoms with van der Waals surface area (Å²) in [4.78, 5) is 11.1. The van der Waals surface area contributed by atoms with Crippen molar-refractivity contribution in [3.63, 3.8) is 0 Å². The fourth-order valence-corrected chi connectivity index (χ4v) is 3.01. The van der Waals surface area contributed by atoms with Crippen molar-refractivity contribution in [3.05, 3.63) is 53.6 Å². The molecular formula is C16H14F3NO4S. The van der Waals surface area contributed by atoms with E-state index >= 15 is 0 Å². The fourth-order valence-electron chi connectivity index (χ4n) is 2.11. The summed E-state index contributed by atoms with van der Waals surface area (Å²) in [5.41, 5.74) is -1.30. The van der Waals surface area contributed by atoms with Gasteiger partial charge >= 0.3 is 12.1 Å². The summed E-state index contributed by atoms with van der Waals surface area (Å²) in [5.74, 6) is -1.49. The number of hydrogen-bond donors (Lipinski definition) is 1. The van der Waals surface area contributed by atoms with Crippen molar-refractivity contribution in [1.82, 2.24) is 4.31 Å². The molecular weight excluding hydrogens is 359 g/mol. The molecule has 0 unspecified atom stereocenters. The van der Waals surface area contributed by atoms with Crippen molar-refractivity contribution in [2.45, 2.75) is 11.1 Å². The molecule has 0 atom stereocenters. The van der Waals surface area contributed by atoms with Crippen molar-refractivity contribution in [1.29, 1.82) is 0 Å². The Labute approximate surface area is 142 Å². The standard InChI is InChI=1S/C16H14F3NO4S/c1-20(2)25(23,24)14-5-3-10(4-6-14)11-7-12(15(21)22)9-13(8-11)16(17,18)19/h3-9H,1-2H3,(H,21,22). The fraction of sp³-hybridized carbons (Fsp3) is 0.188. The zero-order valence-corrected chi connectivity index (χ0v) is 14.0. The number of nitrogens with zero attached hydrogens (tertiary/aromatic N) is 1. The molecule has 0 aromatic heterocycles. The molecule has 25 heavy (non-hydrogen) atoms. The topological polar surface area (TPSA) is 74.7 Å². The lowest BCUT2D eigenvalue weighted by atomic mass is 9.99. The van der Waals surface area contributed by atoms with Crippen LogP contribution in [0.5, 0.6) is 0 Å². The van der Waals surface area contributed by atoms with Crippen molar-refractivity contribution >= 4 is 16.0 Å². The molecule has 134 valence electrons. The van der Waals surface area contributed by atoms with Gasteiger partial charge in [-0.1, -0.05) is 12.1 Å². The molecule has 1 N–H and O–H groups in total. The Morgan fingerprint density at radius 2 is 1.56 bits per heavy atom. The first-order chi connectivity index (χ1) is 11.4. The molecule has 2 aromatic carbocycles. The average molecular weight is 373 g/mol. The average Bonchev–Trinajstić information content (AvgIpc) is 2.53. The third-order valence-corrected chi connectivity index (χ3v) is 5.30. The molecule has 0 spiro atoms. The van der Waals surface area contributed by atoms with Gasteiger partial charge < -0.3 is 5.11 Å². The number of sulfonamides is 1. The first-order valence-electron chi connectivity index (χ1n) is 6.91. The van der Waals surface area contributed by atoms with E-state index in [1.54, 1.807) is 0 Å². The number of carboxylic acid groups (broad SMARTS) is 1. The van der Waals surface area contributed by atoms with E-state index in [0.29, 0.717) is 6.07 Å². The van der Waals surface area contributed by atoms with Gasteiger partial charge in [-0.2, -0.15) is 13.2 Å². The molecule has 0 radical (unpaired) electrons. The van der Waals surface area contributed by atoms with Crippen molar-refractivity contribution < 1.29 is 31.5 Å². The minimum Gasteiger partial charge on any atom is -0.478 e. The van der Waals surface area contributed by atoms with Crippen LogP contribution in [0.15, 0.2) is 47.4 Å². The highest BCUT2D eigenvalue weighted by Gasteiger charge is 2.32. The summed E-state index contributed by atoms with van der Waals surface area (Å²) in [6, 6.07) is 7.65. The number of hydrogen-bond acceptors (Lipinski definition) is 3. The van der Waals surface area contributed by atoms with Crippen LogP contribution in [-0.4, -0.2) is 37.9 Å². The monoisotopic (exact) mass is 373 g/mol. The number of benzene rings is 2. The Hall–Kier alpha value is -2.39. The van der Waals surface area contributed by atoms with E-state index in [1.165, 1.54) is 38.4 Å². The van der Waals surface area contributed by atoms with Gasteiger partial charge in [0.1, 0.15) is 0 Å². The van der Waals surface area contributed by atoms with Gasteiger partial charge in [0.2, 0.25) is 10.0 Å². The number of alkyl halides is 3.